The quantitative estimate of drug-likeness (QED) is 0.706. The van der Waals surface area contributed by atoms with Crippen LogP contribution in [0, 0.1) is 0 Å². The zero-order valence-electron chi connectivity index (χ0n) is 10.3. The Balaban J connectivity index is 1.89. The fourth-order valence-electron chi connectivity index (χ4n) is 1.97. The van der Waals surface area contributed by atoms with E-state index >= 15 is 0 Å². The molecule has 3 rings (SSSR count). The van der Waals surface area contributed by atoms with Gasteiger partial charge >= 0.3 is 0 Å². The predicted molar refractivity (Wildman–Crippen MR) is 82.7 cm³/mol. The first-order chi connectivity index (χ1) is 9.63. The van der Waals surface area contributed by atoms with Gasteiger partial charge in [0.25, 0.3) is 5.91 Å². The van der Waals surface area contributed by atoms with E-state index in [0.717, 1.165) is 10.9 Å². The third-order valence-corrected chi connectivity index (χ3v) is 3.52. The highest BCUT2D eigenvalue weighted by Crippen LogP contribution is 2.24. The fourth-order valence-corrected chi connectivity index (χ4v) is 2.33. The van der Waals surface area contributed by atoms with Crippen LogP contribution in [-0.4, -0.2) is 10.9 Å². The van der Waals surface area contributed by atoms with Crippen LogP contribution in [0.4, 0.5) is 5.69 Å². The lowest BCUT2D eigenvalue weighted by Gasteiger charge is -2.03. The van der Waals surface area contributed by atoms with Crippen molar-refractivity contribution in [2.75, 3.05) is 5.32 Å². The Morgan fingerprint density at radius 2 is 1.80 bits per heavy atom. The highest BCUT2D eigenvalue weighted by Gasteiger charge is 2.11. The van der Waals surface area contributed by atoms with Gasteiger partial charge in [0.1, 0.15) is 5.69 Å². The molecule has 0 bridgehead atoms. The average Bonchev–Trinajstić information content (AvgIpc) is 2.87. The van der Waals surface area contributed by atoms with E-state index in [-0.39, 0.29) is 5.91 Å². The van der Waals surface area contributed by atoms with Gasteiger partial charge in [0.05, 0.1) is 10.5 Å². The van der Waals surface area contributed by atoms with Crippen molar-refractivity contribution in [3.05, 3.63) is 64.3 Å². The summed E-state index contributed by atoms with van der Waals surface area (Å²) in [4.78, 5) is 15.2. The molecule has 20 heavy (non-hydrogen) atoms. The Morgan fingerprint density at radius 3 is 2.50 bits per heavy atom. The van der Waals surface area contributed by atoms with Crippen LogP contribution in [0.15, 0.2) is 48.5 Å². The van der Waals surface area contributed by atoms with E-state index in [1.807, 2.05) is 12.1 Å². The number of fused-ring (bicyclic) bond motifs is 1. The summed E-state index contributed by atoms with van der Waals surface area (Å²) in [5, 5.41) is 4.91. The lowest BCUT2D eigenvalue weighted by Crippen LogP contribution is -2.11. The molecule has 2 N–H and O–H groups in total. The van der Waals surface area contributed by atoms with Crippen molar-refractivity contribution >= 4 is 45.7 Å². The molecule has 0 aliphatic rings. The number of aromatic amines is 1. The van der Waals surface area contributed by atoms with Gasteiger partial charge in [-0.1, -0.05) is 35.3 Å². The number of aromatic nitrogens is 1. The lowest BCUT2D eigenvalue weighted by atomic mass is 10.2. The Morgan fingerprint density at radius 1 is 1.05 bits per heavy atom. The van der Waals surface area contributed by atoms with Crippen molar-refractivity contribution in [3.63, 3.8) is 0 Å². The van der Waals surface area contributed by atoms with Gasteiger partial charge in [0.2, 0.25) is 0 Å². The van der Waals surface area contributed by atoms with Gasteiger partial charge < -0.3 is 10.3 Å². The lowest BCUT2D eigenvalue weighted by molar-refractivity contribution is 0.102. The van der Waals surface area contributed by atoms with Crippen LogP contribution in [-0.2, 0) is 0 Å². The van der Waals surface area contributed by atoms with E-state index in [1.54, 1.807) is 36.4 Å². The van der Waals surface area contributed by atoms with Gasteiger partial charge in [-0.3, -0.25) is 4.79 Å². The standard InChI is InChI=1S/C15H10Cl2N2O/c16-10-4-6-11(7-5-10)18-15(20)13-8-9-2-1-3-12(17)14(9)19-13/h1-8,19H,(H,18,20). The third-order valence-electron chi connectivity index (χ3n) is 2.95. The normalized spacial score (nSPS) is 10.7. The summed E-state index contributed by atoms with van der Waals surface area (Å²) in [5.41, 5.74) is 1.91. The number of nitrogens with one attached hydrogen (secondary N) is 2. The summed E-state index contributed by atoms with van der Waals surface area (Å²) in [7, 11) is 0. The third kappa shape index (κ3) is 2.50. The van der Waals surface area contributed by atoms with Crippen LogP contribution < -0.4 is 5.32 Å². The molecule has 1 heterocycles. The first kappa shape index (κ1) is 13.0. The second-order valence-corrected chi connectivity index (χ2v) is 5.19. The van der Waals surface area contributed by atoms with Crippen molar-refractivity contribution in [2.24, 2.45) is 0 Å². The van der Waals surface area contributed by atoms with Crippen LogP contribution >= 0.6 is 23.2 Å². The fraction of sp³-hybridized carbons (Fsp3) is 0. The first-order valence-corrected chi connectivity index (χ1v) is 6.73. The number of benzene rings is 2. The summed E-state index contributed by atoms with van der Waals surface area (Å²) in [6.45, 7) is 0. The van der Waals surface area contributed by atoms with E-state index in [2.05, 4.69) is 10.3 Å². The Labute approximate surface area is 125 Å². The van der Waals surface area contributed by atoms with Crippen LogP contribution in [0.2, 0.25) is 10.0 Å². The van der Waals surface area contributed by atoms with Gasteiger partial charge in [0, 0.05) is 16.1 Å². The van der Waals surface area contributed by atoms with Gasteiger partial charge in [-0.25, -0.2) is 0 Å². The number of para-hydroxylation sites is 1. The maximum absolute atomic E-state index is 12.2. The first-order valence-electron chi connectivity index (χ1n) is 5.97. The molecule has 0 fully saturated rings. The van der Waals surface area contributed by atoms with Crippen molar-refractivity contribution in [1.82, 2.24) is 4.98 Å². The molecule has 0 saturated heterocycles. The number of anilines is 1. The Kier molecular flexibility index (Phi) is 3.38. The zero-order chi connectivity index (χ0) is 14.1. The summed E-state index contributed by atoms with van der Waals surface area (Å²) in [6, 6.07) is 14.2. The molecule has 0 aliphatic heterocycles. The molecule has 100 valence electrons. The van der Waals surface area contributed by atoms with Crippen LogP contribution in [0.5, 0.6) is 0 Å². The molecule has 2 aromatic carbocycles. The van der Waals surface area contributed by atoms with Crippen LogP contribution in [0.3, 0.4) is 0 Å². The largest absolute Gasteiger partial charge is 0.349 e. The minimum Gasteiger partial charge on any atom is -0.349 e. The molecule has 0 saturated carbocycles. The number of halogens is 2. The SMILES string of the molecule is O=C(Nc1ccc(Cl)cc1)c1cc2cccc(Cl)c2[nH]1. The van der Waals surface area contributed by atoms with E-state index in [4.69, 9.17) is 23.2 Å². The number of rotatable bonds is 2. The predicted octanol–water partition coefficient (Wildman–Crippen LogP) is 4.73. The summed E-state index contributed by atoms with van der Waals surface area (Å²) in [6.07, 6.45) is 0. The Bertz CT molecular complexity index is 778. The van der Waals surface area contributed by atoms with E-state index in [1.165, 1.54) is 0 Å². The molecule has 0 atom stereocenters. The molecule has 1 aromatic heterocycles. The van der Waals surface area contributed by atoms with Crippen molar-refractivity contribution < 1.29 is 4.79 Å². The average molecular weight is 305 g/mol. The number of hydrogen-bond donors (Lipinski definition) is 2. The molecule has 0 spiro atoms. The molecule has 0 radical (unpaired) electrons. The second kappa shape index (κ2) is 5.19. The molecule has 0 unspecified atom stereocenters. The number of carbonyl (C=O) groups is 1. The van der Waals surface area contributed by atoms with E-state index in [9.17, 15) is 4.79 Å². The van der Waals surface area contributed by atoms with Crippen LogP contribution in [0.25, 0.3) is 10.9 Å². The molecule has 5 heteroatoms. The molecular weight excluding hydrogens is 295 g/mol. The highest BCUT2D eigenvalue weighted by atomic mass is 35.5. The molecule has 0 aliphatic carbocycles. The van der Waals surface area contributed by atoms with E-state index < -0.39 is 0 Å². The minimum absolute atomic E-state index is 0.223. The van der Waals surface area contributed by atoms with Crippen molar-refractivity contribution in [3.8, 4) is 0 Å². The smallest absolute Gasteiger partial charge is 0.272 e. The molecule has 3 aromatic rings. The van der Waals surface area contributed by atoms with Crippen molar-refractivity contribution in [1.29, 1.82) is 0 Å². The van der Waals surface area contributed by atoms with Gasteiger partial charge in [-0.2, -0.15) is 0 Å². The monoisotopic (exact) mass is 304 g/mol. The molecule has 1 amide bonds. The number of H-pyrrole nitrogens is 1. The van der Waals surface area contributed by atoms with Gasteiger partial charge in [-0.05, 0) is 36.4 Å². The minimum atomic E-state index is -0.223. The molecular formula is C15H10Cl2N2O. The number of hydrogen-bond acceptors (Lipinski definition) is 1. The summed E-state index contributed by atoms with van der Waals surface area (Å²) in [5.74, 6) is -0.223. The van der Waals surface area contributed by atoms with Gasteiger partial charge in [-0.15, -0.1) is 0 Å². The topological polar surface area (TPSA) is 44.9 Å². The summed E-state index contributed by atoms with van der Waals surface area (Å²) >= 11 is 11.9. The number of carbonyl (C=O) groups excluding carboxylic acids is 1. The Hall–Kier alpha value is -1.97. The van der Waals surface area contributed by atoms with Gasteiger partial charge in [0.15, 0.2) is 0 Å². The maximum atomic E-state index is 12.2. The number of amides is 1. The summed E-state index contributed by atoms with van der Waals surface area (Å²) < 4.78 is 0. The van der Waals surface area contributed by atoms with Crippen molar-refractivity contribution in [2.45, 2.75) is 0 Å². The maximum Gasteiger partial charge on any atom is 0.272 e. The van der Waals surface area contributed by atoms with Crippen LogP contribution in [0.1, 0.15) is 10.5 Å². The second-order valence-electron chi connectivity index (χ2n) is 4.35. The molecule has 3 nitrogen and oxygen atoms in total. The van der Waals surface area contributed by atoms with E-state index in [0.29, 0.717) is 21.4 Å². The highest BCUT2D eigenvalue weighted by molar-refractivity contribution is 6.35. The zero-order valence-corrected chi connectivity index (χ0v) is 11.8.